The highest BCUT2D eigenvalue weighted by Gasteiger charge is 2.22. The molecular weight excluding hydrogens is 320 g/mol. The van der Waals surface area contributed by atoms with Crippen molar-refractivity contribution in [3.8, 4) is 11.5 Å². The summed E-state index contributed by atoms with van der Waals surface area (Å²) in [6.45, 7) is 0. The van der Waals surface area contributed by atoms with E-state index >= 15 is 0 Å². The maximum absolute atomic E-state index is 12.4. The molecule has 0 radical (unpaired) electrons. The van der Waals surface area contributed by atoms with Crippen molar-refractivity contribution >= 4 is 11.9 Å². The summed E-state index contributed by atoms with van der Waals surface area (Å²) < 4.78 is 10.9. The van der Waals surface area contributed by atoms with Gasteiger partial charge in [-0.15, -0.1) is 0 Å². The minimum absolute atomic E-state index is 0.0630. The molecule has 0 saturated heterocycles. The average molecular weight is 340 g/mol. The highest BCUT2D eigenvalue weighted by Crippen LogP contribution is 2.25. The Hall–Kier alpha value is -2.82. The van der Waals surface area contributed by atoms with Gasteiger partial charge in [0.2, 0.25) is 0 Å². The van der Waals surface area contributed by atoms with E-state index in [0.717, 1.165) is 25.7 Å². The highest BCUT2D eigenvalue weighted by molar-refractivity contribution is 5.96. The Morgan fingerprint density at radius 2 is 1.56 bits per heavy atom. The molecule has 2 aromatic rings. The van der Waals surface area contributed by atoms with Crippen LogP contribution in [0.25, 0.3) is 0 Å². The molecule has 0 aliphatic heterocycles. The van der Waals surface area contributed by atoms with Gasteiger partial charge in [0.25, 0.3) is 0 Å². The van der Waals surface area contributed by atoms with Crippen LogP contribution in [-0.4, -0.2) is 23.1 Å². The fourth-order valence-corrected chi connectivity index (χ4v) is 2.88. The number of esters is 2. The summed E-state index contributed by atoms with van der Waals surface area (Å²) in [6.07, 6.45) is 4.99. The minimum Gasteiger partial charge on any atom is -0.508 e. The first kappa shape index (κ1) is 17.0. The van der Waals surface area contributed by atoms with Crippen LogP contribution in [0.2, 0.25) is 0 Å². The van der Waals surface area contributed by atoms with Crippen LogP contribution in [0, 0.1) is 0 Å². The van der Waals surface area contributed by atoms with Gasteiger partial charge in [0.1, 0.15) is 23.2 Å². The van der Waals surface area contributed by atoms with E-state index in [1.165, 1.54) is 30.7 Å². The van der Waals surface area contributed by atoms with Gasteiger partial charge < -0.3 is 14.6 Å². The zero-order valence-corrected chi connectivity index (χ0v) is 13.8. The third-order valence-corrected chi connectivity index (χ3v) is 4.24. The van der Waals surface area contributed by atoms with Gasteiger partial charge in [-0.05, 0) is 62.1 Å². The molecular formula is C20H20O5. The molecule has 0 amide bonds. The number of ether oxygens (including phenoxy) is 2. The van der Waals surface area contributed by atoms with Crippen LogP contribution in [0.3, 0.4) is 0 Å². The number of rotatable bonds is 4. The predicted octanol–water partition coefficient (Wildman–Crippen LogP) is 4.10. The largest absolute Gasteiger partial charge is 0.508 e. The Morgan fingerprint density at radius 3 is 2.28 bits per heavy atom. The van der Waals surface area contributed by atoms with Crippen LogP contribution >= 0.6 is 0 Å². The van der Waals surface area contributed by atoms with Crippen molar-refractivity contribution in [2.75, 3.05) is 0 Å². The summed E-state index contributed by atoms with van der Waals surface area (Å²) in [7, 11) is 0. The van der Waals surface area contributed by atoms with Crippen molar-refractivity contribution in [1.82, 2.24) is 0 Å². The number of hydrogen-bond donors (Lipinski definition) is 1. The zero-order chi connectivity index (χ0) is 17.6. The van der Waals surface area contributed by atoms with E-state index in [4.69, 9.17) is 9.47 Å². The Morgan fingerprint density at radius 1 is 0.880 bits per heavy atom. The highest BCUT2D eigenvalue weighted by atomic mass is 16.6. The SMILES string of the molecule is O=C(Oc1ccccc1C(=O)OC1CCCCC1)c1ccc(O)cc1. The van der Waals surface area contributed by atoms with Gasteiger partial charge in [-0.1, -0.05) is 18.6 Å². The van der Waals surface area contributed by atoms with Gasteiger partial charge >= 0.3 is 11.9 Å². The minimum atomic E-state index is -0.599. The Balaban J connectivity index is 1.72. The Bertz CT molecular complexity index is 745. The molecule has 5 nitrogen and oxygen atoms in total. The monoisotopic (exact) mass is 340 g/mol. The van der Waals surface area contributed by atoms with Gasteiger partial charge in [0.15, 0.2) is 0 Å². The van der Waals surface area contributed by atoms with E-state index in [-0.39, 0.29) is 28.7 Å². The molecule has 0 heterocycles. The van der Waals surface area contributed by atoms with Crippen molar-refractivity contribution in [2.24, 2.45) is 0 Å². The summed E-state index contributed by atoms with van der Waals surface area (Å²) in [5.41, 5.74) is 0.522. The number of phenols is 1. The van der Waals surface area contributed by atoms with Crippen molar-refractivity contribution < 1.29 is 24.2 Å². The molecule has 0 aromatic heterocycles. The van der Waals surface area contributed by atoms with Crippen LogP contribution in [-0.2, 0) is 4.74 Å². The van der Waals surface area contributed by atoms with E-state index in [9.17, 15) is 14.7 Å². The molecule has 1 N–H and O–H groups in total. The summed E-state index contributed by atoms with van der Waals surface area (Å²) in [5, 5.41) is 9.29. The van der Waals surface area contributed by atoms with E-state index in [1.807, 2.05) is 0 Å². The third-order valence-electron chi connectivity index (χ3n) is 4.24. The normalized spacial score (nSPS) is 14.7. The van der Waals surface area contributed by atoms with Crippen LogP contribution in [0.4, 0.5) is 0 Å². The summed E-state index contributed by atoms with van der Waals surface area (Å²) >= 11 is 0. The summed E-state index contributed by atoms with van der Waals surface area (Å²) in [4.78, 5) is 24.7. The molecule has 1 fully saturated rings. The number of para-hydroxylation sites is 1. The van der Waals surface area contributed by atoms with Gasteiger partial charge in [0.05, 0.1) is 5.56 Å². The second-order valence-electron chi connectivity index (χ2n) is 6.10. The number of carbonyl (C=O) groups excluding carboxylic acids is 2. The molecule has 130 valence electrons. The summed E-state index contributed by atoms with van der Waals surface area (Å²) in [6, 6.07) is 12.3. The average Bonchev–Trinajstić information content (AvgIpc) is 2.63. The molecule has 1 aliphatic rings. The lowest BCUT2D eigenvalue weighted by Crippen LogP contribution is -2.21. The molecule has 1 aliphatic carbocycles. The van der Waals surface area contributed by atoms with Gasteiger partial charge in [-0.2, -0.15) is 0 Å². The number of carbonyl (C=O) groups is 2. The zero-order valence-electron chi connectivity index (χ0n) is 13.8. The third kappa shape index (κ3) is 4.38. The molecule has 0 unspecified atom stereocenters. The number of hydrogen-bond acceptors (Lipinski definition) is 5. The van der Waals surface area contributed by atoms with E-state index in [1.54, 1.807) is 24.3 Å². The second-order valence-corrected chi connectivity index (χ2v) is 6.10. The first-order chi connectivity index (χ1) is 12.1. The lowest BCUT2D eigenvalue weighted by Gasteiger charge is -2.22. The summed E-state index contributed by atoms with van der Waals surface area (Å²) in [5.74, 6) is -0.840. The molecule has 1 saturated carbocycles. The molecule has 0 atom stereocenters. The van der Waals surface area contributed by atoms with Gasteiger partial charge in [0, 0.05) is 0 Å². The number of phenolic OH excluding ortho intramolecular Hbond substituents is 1. The smallest absolute Gasteiger partial charge is 0.343 e. The lowest BCUT2D eigenvalue weighted by atomic mass is 9.98. The van der Waals surface area contributed by atoms with Gasteiger partial charge in [-0.3, -0.25) is 0 Å². The number of benzene rings is 2. The quantitative estimate of drug-likeness (QED) is 0.670. The topological polar surface area (TPSA) is 72.8 Å². The Labute approximate surface area is 146 Å². The van der Waals surface area contributed by atoms with Gasteiger partial charge in [-0.25, -0.2) is 9.59 Å². The molecule has 0 spiro atoms. The first-order valence-electron chi connectivity index (χ1n) is 8.45. The van der Waals surface area contributed by atoms with Crippen LogP contribution in [0.15, 0.2) is 48.5 Å². The second kappa shape index (κ2) is 7.83. The van der Waals surface area contributed by atoms with Crippen molar-refractivity contribution in [3.63, 3.8) is 0 Å². The fraction of sp³-hybridized carbons (Fsp3) is 0.300. The van der Waals surface area contributed by atoms with Crippen molar-refractivity contribution in [2.45, 2.75) is 38.2 Å². The van der Waals surface area contributed by atoms with E-state index < -0.39 is 11.9 Å². The molecule has 0 bridgehead atoms. The van der Waals surface area contributed by atoms with Crippen LogP contribution < -0.4 is 4.74 Å². The molecule has 2 aromatic carbocycles. The maximum Gasteiger partial charge on any atom is 0.343 e. The van der Waals surface area contributed by atoms with Crippen molar-refractivity contribution in [3.05, 3.63) is 59.7 Å². The molecule has 25 heavy (non-hydrogen) atoms. The van der Waals surface area contributed by atoms with E-state index in [2.05, 4.69) is 0 Å². The standard InChI is InChI=1S/C20H20O5/c21-15-12-10-14(11-13-15)19(22)25-18-9-5-4-8-17(18)20(23)24-16-6-2-1-3-7-16/h4-5,8-13,16,21H,1-3,6-7H2. The first-order valence-corrected chi connectivity index (χ1v) is 8.45. The van der Waals surface area contributed by atoms with Crippen LogP contribution in [0.1, 0.15) is 52.8 Å². The molecule has 3 rings (SSSR count). The lowest BCUT2D eigenvalue weighted by molar-refractivity contribution is 0.0208. The van der Waals surface area contributed by atoms with E-state index in [0.29, 0.717) is 0 Å². The Kier molecular flexibility index (Phi) is 5.33. The fourth-order valence-electron chi connectivity index (χ4n) is 2.88. The molecule has 5 heteroatoms. The maximum atomic E-state index is 12.4. The predicted molar refractivity (Wildman–Crippen MR) is 91.8 cm³/mol. The van der Waals surface area contributed by atoms with Crippen LogP contribution in [0.5, 0.6) is 11.5 Å². The number of aromatic hydroxyl groups is 1. The van der Waals surface area contributed by atoms with Crippen molar-refractivity contribution in [1.29, 1.82) is 0 Å².